The van der Waals surface area contributed by atoms with Crippen LogP contribution in [0.25, 0.3) is 11.0 Å². The largest absolute Gasteiger partial charge is 0.491 e. The molecule has 1 unspecified atom stereocenters. The van der Waals surface area contributed by atoms with E-state index in [1.54, 1.807) is 36.1 Å². The number of carbonyl (C=O) groups excluding carboxylic acids is 2. The third kappa shape index (κ3) is 5.63. The van der Waals surface area contributed by atoms with E-state index in [1.165, 1.54) is 0 Å². The van der Waals surface area contributed by atoms with E-state index in [1.807, 2.05) is 20.8 Å². The van der Waals surface area contributed by atoms with Crippen molar-refractivity contribution in [1.82, 2.24) is 4.90 Å². The fourth-order valence-electron chi connectivity index (χ4n) is 2.92. The Kier molecular flexibility index (Phi) is 6.32. The first-order valence-corrected chi connectivity index (χ1v) is 9.68. The lowest BCUT2D eigenvalue weighted by molar-refractivity contribution is -0.0557. The highest BCUT2D eigenvalue weighted by Gasteiger charge is 2.28. The van der Waals surface area contributed by atoms with E-state index in [9.17, 15) is 9.59 Å². The van der Waals surface area contributed by atoms with Gasteiger partial charge in [-0.25, -0.2) is 9.59 Å². The number of rotatable bonds is 5. The molecule has 0 saturated carbocycles. The SMILES string of the molecule is CCOC(=O)c1cc2cc(OCC3CN(C(=O)OC(C)(C)C)CCO3)ccc2o1. The Morgan fingerprint density at radius 3 is 2.76 bits per heavy atom. The van der Waals surface area contributed by atoms with Crippen molar-refractivity contribution >= 4 is 23.0 Å². The number of fused-ring (bicyclic) bond motifs is 1. The number of furan rings is 1. The second kappa shape index (κ2) is 8.73. The minimum atomic E-state index is -0.538. The van der Waals surface area contributed by atoms with Crippen molar-refractivity contribution in [3.05, 3.63) is 30.0 Å². The van der Waals surface area contributed by atoms with Gasteiger partial charge in [-0.1, -0.05) is 0 Å². The fraction of sp³-hybridized carbons (Fsp3) is 0.524. The lowest BCUT2D eigenvalue weighted by Gasteiger charge is -2.34. The van der Waals surface area contributed by atoms with E-state index in [0.29, 0.717) is 31.0 Å². The molecule has 1 aliphatic rings. The first-order valence-electron chi connectivity index (χ1n) is 9.68. The van der Waals surface area contributed by atoms with Gasteiger partial charge in [0.15, 0.2) is 0 Å². The van der Waals surface area contributed by atoms with Crippen LogP contribution < -0.4 is 4.74 Å². The molecule has 8 nitrogen and oxygen atoms in total. The van der Waals surface area contributed by atoms with Gasteiger partial charge in [0, 0.05) is 11.9 Å². The Morgan fingerprint density at radius 1 is 1.24 bits per heavy atom. The first-order chi connectivity index (χ1) is 13.7. The van der Waals surface area contributed by atoms with Crippen molar-refractivity contribution in [3.63, 3.8) is 0 Å². The number of hydrogen-bond acceptors (Lipinski definition) is 7. The van der Waals surface area contributed by atoms with Gasteiger partial charge in [0.25, 0.3) is 0 Å². The summed E-state index contributed by atoms with van der Waals surface area (Å²) in [4.78, 5) is 25.7. The van der Waals surface area contributed by atoms with E-state index in [-0.39, 0.29) is 31.2 Å². The van der Waals surface area contributed by atoms with Crippen LogP contribution in [-0.4, -0.2) is 61.6 Å². The van der Waals surface area contributed by atoms with Gasteiger partial charge < -0.3 is 28.3 Å². The summed E-state index contributed by atoms with van der Waals surface area (Å²) in [5, 5.41) is 0.741. The Bertz CT molecular complexity index is 868. The van der Waals surface area contributed by atoms with E-state index < -0.39 is 11.6 Å². The van der Waals surface area contributed by atoms with Crippen LogP contribution in [0.1, 0.15) is 38.2 Å². The molecule has 1 aromatic carbocycles. The molecule has 29 heavy (non-hydrogen) atoms. The van der Waals surface area contributed by atoms with Crippen LogP contribution in [0.4, 0.5) is 4.79 Å². The molecule has 1 amide bonds. The van der Waals surface area contributed by atoms with E-state index in [0.717, 1.165) is 5.39 Å². The van der Waals surface area contributed by atoms with E-state index >= 15 is 0 Å². The van der Waals surface area contributed by atoms with Gasteiger partial charge in [-0.2, -0.15) is 0 Å². The summed E-state index contributed by atoms with van der Waals surface area (Å²) in [5.41, 5.74) is 0.0366. The van der Waals surface area contributed by atoms with Crippen LogP contribution in [0.5, 0.6) is 5.75 Å². The molecule has 1 fully saturated rings. The quantitative estimate of drug-likeness (QED) is 0.702. The van der Waals surface area contributed by atoms with Crippen LogP contribution in [0.3, 0.4) is 0 Å². The average molecular weight is 405 g/mol. The van der Waals surface area contributed by atoms with Gasteiger partial charge in [-0.3, -0.25) is 0 Å². The monoisotopic (exact) mass is 405 g/mol. The maximum atomic E-state index is 12.2. The molecule has 1 saturated heterocycles. The summed E-state index contributed by atoms with van der Waals surface area (Å²) in [7, 11) is 0. The van der Waals surface area contributed by atoms with Crippen molar-refractivity contribution < 1.29 is 33.0 Å². The zero-order valence-corrected chi connectivity index (χ0v) is 17.2. The van der Waals surface area contributed by atoms with Crippen molar-refractivity contribution in [2.24, 2.45) is 0 Å². The Balaban J connectivity index is 1.58. The number of esters is 1. The topological polar surface area (TPSA) is 87.4 Å². The molecule has 158 valence electrons. The van der Waals surface area contributed by atoms with Gasteiger partial charge in [-0.15, -0.1) is 0 Å². The molecule has 0 aliphatic carbocycles. The zero-order chi connectivity index (χ0) is 21.0. The predicted molar refractivity (Wildman–Crippen MR) is 105 cm³/mol. The summed E-state index contributed by atoms with van der Waals surface area (Å²) in [6, 6.07) is 6.91. The molecule has 8 heteroatoms. The van der Waals surface area contributed by atoms with Crippen LogP contribution in [0.15, 0.2) is 28.7 Å². The highest BCUT2D eigenvalue weighted by atomic mass is 16.6. The number of hydrogen-bond donors (Lipinski definition) is 0. The number of amides is 1. The Labute approximate surface area is 169 Å². The second-order valence-electron chi connectivity index (χ2n) is 7.76. The predicted octanol–water partition coefficient (Wildman–Crippen LogP) is 3.62. The minimum absolute atomic E-state index is 0.155. The molecule has 2 heterocycles. The smallest absolute Gasteiger partial charge is 0.410 e. The number of ether oxygens (including phenoxy) is 4. The molecule has 0 N–H and O–H groups in total. The first kappa shape index (κ1) is 21.0. The van der Waals surface area contributed by atoms with Gasteiger partial charge >= 0.3 is 12.1 Å². The van der Waals surface area contributed by atoms with Crippen molar-refractivity contribution in [2.75, 3.05) is 32.9 Å². The summed E-state index contributed by atoms with van der Waals surface area (Å²) in [5.74, 6) is 0.276. The van der Waals surface area contributed by atoms with Crippen LogP contribution in [0, 0.1) is 0 Å². The average Bonchev–Trinajstić information content (AvgIpc) is 3.09. The third-order valence-electron chi connectivity index (χ3n) is 4.19. The molecular formula is C21H27NO7. The highest BCUT2D eigenvalue weighted by Crippen LogP contribution is 2.25. The number of benzene rings is 1. The summed E-state index contributed by atoms with van der Waals surface area (Å²) >= 11 is 0. The summed E-state index contributed by atoms with van der Waals surface area (Å²) in [6.45, 7) is 9.14. The van der Waals surface area contributed by atoms with Crippen LogP contribution in [-0.2, 0) is 14.2 Å². The van der Waals surface area contributed by atoms with E-state index in [2.05, 4.69) is 0 Å². The molecule has 1 atom stereocenters. The summed E-state index contributed by atoms with van der Waals surface area (Å²) in [6.07, 6.45) is -0.608. The molecule has 1 aliphatic heterocycles. The molecule has 1 aromatic heterocycles. The third-order valence-corrected chi connectivity index (χ3v) is 4.19. The van der Waals surface area contributed by atoms with Gasteiger partial charge in [0.2, 0.25) is 5.76 Å². The lowest BCUT2D eigenvalue weighted by Crippen LogP contribution is -2.49. The zero-order valence-electron chi connectivity index (χ0n) is 17.2. The number of nitrogens with zero attached hydrogens (tertiary/aromatic N) is 1. The van der Waals surface area contributed by atoms with Crippen molar-refractivity contribution in [3.8, 4) is 5.75 Å². The molecule has 0 bridgehead atoms. The maximum Gasteiger partial charge on any atom is 0.410 e. The lowest BCUT2D eigenvalue weighted by atomic mass is 10.2. The molecule has 2 aromatic rings. The molecular weight excluding hydrogens is 378 g/mol. The highest BCUT2D eigenvalue weighted by molar-refractivity contribution is 5.92. The number of carbonyl (C=O) groups is 2. The van der Waals surface area contributed by atoms with Crippen LogP contribution >= 0.6 is 0 Å². The van der Waals surface area contributed by atoms with E-state index in [4.69, 9.17) is 23.4 Å². The summed E-state index contributed by atoms with van der Waals surface area (Å²) < 4.78 is 27.4. The van der Waals surface area contributed by atoms with Gasteiger partial charge in [0.05, 0.1) is 19.8 Å². The minimum Gasteiger partial charge on any atom is -0.491 e. The Hall–Kier alpha value is -2.74. The van der Waals surface area contributed by atoms with Gasteiger partial charge in [0.1, 0.15) is 29.6 Å². The normalized spacial score (nSPS) is 17.2. The van der Waals surface area contributed by atoms with Crippen molar-refractivity contribution in [1.29, 1.82) is 0 Å². The molecule has 0 radical (unpaired) electrons. The standard InChI is InChI=1S/C21H27NO7/c1-5-25-19(23)18-11-14-10-15(6-7-17(14)28-18)27-13-16-12-22(8-9-26-16)20(24)29-21(2,3)4/h6-7,10-11,16H,5,8-9,12-13H2,1-4H3. The molecule has 0 spiro atoms. The number of morpholine rings is 1. The maximum absolute atomic E-state index is 12.2. The van der Waals surface area contributed by atoms with Crippen molar-refractivity contribution in [2.45, 2.75) is 39.4 Å². The van der Waals surface area contributed by atoms with Gasteiger partial charge in [-0.05, 0) is 52.0 Å². The van der Waals surface area contributed by atoms with Crippen LogP contribution in [0.2, 0.25) is 0 Å². The second-order valence-corrected chi connectivity index (χ2v) is 7.76. The Morgan fingerprint density at radius 2 is 2.03 bits per heavy atom. The fourth-order valence-corrected chi connectivity index (χ4v) is 2.92. The molecule has 3 rings (SSSR count).